The summed E-state index contributed by atoms with van der Waals surface area (Å²) in [6, 6.07) is 10.2. The molecule has 0 atom stereocenters. The molecule has 1 aromatic carbocycles. The molecule has 1 heterocycles. The molecule has 0 bridgehead atoms. The fraction of sp³-hybridized carbons (Fsp3) is 0.389. The lowest BCUT2D eigenvalue weighted by molar-refractivity contribution is 0.0912. The van der Waals surface area contributed by atoms with E-state index in [1.54, 1.807) is 0 Å². The number of aromatic nitrogens is 2. The Hall–Kier alpha value is -2.83. The van der Waals surface area contributed by atoms with Gasteiger partial charge in [-0.05, 0) is 37.2 Å². The van der Waals surface area contributed by atoms with Gasteiger partial charge >= 0.3 is 5.69 Å². The van der Waals surface area contributed by atoms with E-state index in [0.29, 0.717) is 5.92 Å². The average Bonchev–Trinajstić information content (AvgIpc) is 2.62. The van der Waals surface area contributed by atoms with Gasteiger partial charge in [-0.15, -0.1) is 0 Å². The van der Waals surface area contributed by atoms with E-state index in [4.69, 9.17) is 0 Å². The number of aromatic hydroxyl groups is 1. The maximum atomic E-state index is 12.4. The minimum Gasteiger partial charge on any atom is -0.501 e. The first kappa shape index (κ1) is 17.0. The van der Waals surface area contributed by atoms with Crippen molar-refractivity contribution >= 4 is 5.91 Å². The van der Waals surface area contributed by atoms with E-state index in [-0.39, 0.29) is 11.7 Å². The third kappa shape index (κ3) is 3.50. The molecule has 0 spiro atoms. The van der Waals surface area contributed by atoms with E-state index in [1.165, 1.54) is 12.6 Å². The number of H-pyrrole nitrogens is 1. The van der Waals surface area contributed by atoms with Gasteiger partial charge in [0, 0.05) is 13.1 Å². The normalized spacial score (nSPS) is 20.2. The summed E-state index contributed by atoms with van der Waals surface area (Å²) in [5, 5.41) is 12.7. The Kier molecular flexibility index (Phi) is 4.74. The molecule has 1 saturated carbocycles. The number of carbonyl (C=O) groups excluding carboxylic acids is 1. The van der Waals surface area contributed by atoms with Gasteiger partial charge in [-0.25, -0.2) is 4.79 Å². The van der Waals surface area contributed by atoms with Crippen LogP contribution in [0.25, 0.3) is 0 Å². The molecule has 1 aromatic heterocycles. The van der Waals surface area contributed by atoms with Crippen molar-refractivity contribution in [3.8, 4) is 5.75 Å². The molecule has 1 aliphatic rings. The van der Waals surface area contributed by atoms with Gasteiger partial charge in [0.15, 0.2) is 5.69 Å². The van der Waals surface area contributed by atoms with Gasteiger partial charge in [0.05, 0.1) is 0 Å². The number of hydrogen-bond donors (Lipinski definition) is 3. The smallest absolute Gasteiger partial charge is 0.328 e. The fourth-order valence-corrected chi connectivity index (χ4v) is 3.42. The third-order valence-electron chi connectivity index (χ3n) is 4.85. The van der Waals surface area contributed by atoms with Crippen LogP contribution in [0.5, 0.6) is 5.75 Å². The molecule has 1 amide bonds. The van der Waals surface area contributed by atoms with Crippen LogP contribution in [0.4, 0.5) is 0 Å². The number of benzene rings is 1. The predicted octanol–water partition coefficient (Wildman–Crippen LogP) is 1.24. The standard InChI is InChI=1S/C18H21N3O4/c1-21-14(15(22)17(24)20-18(21)25)16(23)19-13-9-7-12(8-10-13)11-5-3-2-4-6-11/h2-6,12-13,22H,7-10H2,1H3,(H,19,23)(H,20,24,25). The van der Waals surface area contributed by atoms with E-state index < -0.39 is 22.9 Å². The zero-order chi connectivity index (χ0) is 18.0. The summed E-state index contributed by atoms with van der Waals surface area (Å²) in [7, 11) is 1.33. The summed E-state index contributed by atoms with van der Waals surface area (Å²) in [5.74, 6) is -0.865. The Morgan fingerprint density at radius 2 is 1.80 bits per heavy atom. The number of nitrogens with zero attached hydrogens (tertiary/aromatic N) is 1. The third-order valence-corrected chi connectivity index (χ3v) is 4.85. The van der Waals surface area contributed by atoms with Crippen LogP contribution in [0.15, 0.2) is 39.9 Å². The van der Waals surface area contributed by atoms with E-state index in [2.05, 4.69) is 17.4 Å². The van der Waals surface area contributed by atoms with Gasteiger partial charge < -0.3 is 10.4 Å². The first-order valence-electron chi connectivity index (χ1n) is 8.35. The molecule has 3 N–H and O–H groups in total. The first-order valence-corrected chi connectivity index (χ1v) is 8.35. The van der Waals surface area contributed by atoms with Crippen LogP contribution < -0.4 is 16.6 Å². The van der Waals surface area contributed by atoms with Crippen molar-refractivity contribution in [3.63, 3.8) is 0 Å². The molecule has 7 nitrogen and oxygen atoms in total. The second-order valence-electron chi connectivity index (χ2n) is 6.45. The highest BCUT2D eigenvalue weighted by atomic mass is 16.3. The molecule has 1 fully saturated rings. The second kappa shape index (κ2) is 6.96. The maximum absolute atomic E-state index is 12.4. The highest BCUT2D eigenvalue weighted by Gasteiger charge is 2.26. The number of amides is 1. The van der Waals surface area contributed by atoms with Crippen LogP contribution in [-0.4, -0.2) is 26.6 Å². The van der Waals surface area contributed by atoms with Gasteiger partial charge in [-0.2, -0.15) is 0 Å². The number of rotatable bonds is 3. The summed E-state index contributed by atoms with van der Waals surface area (Å²) in [6.07, 6.45) is 3.52. The predicted molar refractivity (Wildman–Crippen MR) is 92.9 cm³/mol. The monoisotopic (exact) mass is 343 g/mol. The molecule has 132 valence electrons. The summed E-state index contributed by atoms with van der Waals surface area (Å²) < 4.78 is 0.946. The molecule has 0 aliphatic heterocycles. The van der Waals surface area contributed by atoms with Crippen molar-refractivity contribution < 1.29 is 9.90 Å². The van der Waals surface area contributed by atoms with Gasteiger partial charge in [0.25, 0.3) is 11.5 Å². The van der Waals surface area contributed by atoms with Gasteiger partial charge in [0.2, 0.25) is 5.75 Å². The van der Waals surface area contributed by atoms with Crippen LogP contribution >= 0.6 is 0 Å². The molecule has 0 saturated heterocycles. The molecule has 2 aromatic rings. The zero-order valence-corrected chi connectivity index (χ0v) is 14.0. The molecule has 3 rings (SSSR count). The largest absolute Gasteiger partial charge is 0.501 e. The van der Waals surface area contributed by atoms with Gasteiger partial charge in [0.1, 0.15) is 0 Å². The van der Waals surface area contributed by atoms with Gasteiger partial charge in [-0.1, -0.05) is 30.3 Å². The van der Waals surface area contributed by atoms with Crippen LogP contribution in [0, 0.1) is 0 Å². The molecule has 7 heteroatoms. The highest BCUT2D eigenvalue weighted by molar-refractivity contribution is 5.95. The molecule has 25 heavy (non-hydrogen) atoms. The van der Waals surface area contributed by atoms with Crippen molar-refractivity contribution in [1.82, 2.24) is 14.9 Å². The summed E-state index contributed by atoms with van der Waals surface area (Å²) in [4.78, 5) is 37.5. The minimum atomic E-state index is -0.957. The van der Waals surface area contributed by atoms with E-state index in [1.807, 2.05) is 23.2 Å². The Bertz CT molecular complexity index is 843. The molecular weight excluding hydrogens is 322 g/mol. The van der Waals surface area contributed by atoms with Crippen molar-refractivity contribution in [1.29, 1.82) is 0 Å². The Labute approximate surface area is 144 Å². The summed E-state index contributed by atoms with van der Waals surface area (Å²) in [6.45, 7) is 0. The van der Waals surface area contributed by atoms with Gasteiger partial charge in [-0.3, -0.25) is 19.1 Å². The zero-order valence-electron chi connectivity index (χ0n) is 14.0. The number of nitrogens with one attached hydrogen (secondary N) is 2. The number of carbonyl (C=O) groups is 1. The quantitative estimate of drug-likeness (QED) is 0.780. The van der Waals surface area contributed by atoms with Crippen LogP contribution in [-0.2, 0) is 7.05 Å². The Morgan fingerprint density at radius 1 is 1.16 bits per heavy atom. The summed E-state index contributed by atoms with van der Waals surface area (Å²) in [5.41, 5.74) is -0.692. The van der Waals surface area contributed by atoms with Crippen LogP contribution in [0.3, 0.4) is 0 Å². The van der Waals surface area contributed by atoms with Crippen molar-refractivity contribution in [2.45, 2.75) is 37.6 Å². The topological polar surface area (TPSA) is 104 Å². The Balaban J connectivity index is 1.68. The van der Waals surface area contributed by atoms with Crippen molar-refractivity contribution in [2.24, 2.45) is 7.05 Å². The maximum Gasteiger partial charge on any atom is 0.328 e. The van der Waals surface area contributed by atoms with E-state index >= 15 is 0 Å². The second-order valence-corrected chi connectivity index (χ2v) is 6.45. The Morgan fingerprint density at radius 3 is 2.44 bits per heavy atom. The molecular formula is C18H21N3O4. The molecule has 1 aliphatic carbocycles. The number of aromatic amines is 1. The SMILES string of the molecule is Cn1c(C(=O)NC2CCC(c3ccccc3)CC2)c(O)c(=O)[nH]c1=O. The number of hydrogen-bond acceptors (Lipinski definition) is 4. The highest BCUT2D eigenvalue weighted by Crippen LogP contribution is 2.32. The lowest BCUT2D eigenvalue weighted by atomic mass is 9.82. The van der Waals surface area contributed by atoms with Crippen LogP contribution in [0.1, 0.15) is 47.7 Å². The lowest BCUT2D eigenvalue weighted by Gasteiger charge is -2.29. The van der Waals surface area contributed by atoms with E-state index in [9.17, 15) is 19.5 Å². The van der Waals surface area contributed by atoms with Crippen molar-refractivity contribution in [2.75, 3.05) is 0 Å². The van der Waals surface area contributed by atoms with Crippen LogP contribution in [0.2, 0.25) is 0 Å². The fourth-order valence-electron chi connectivity index (χ4n) is 3.42. The summed E-state index contributed by atoms with van der Waals surface area (Å²) >= 11 is 0. The molecule has 0 radical (unpaired) electrons. The molecule has 0 unspecified atom stereocenters. The first-order chi connectivity index (χ1) is 12.0. The van der Waals surface area contributed by atoms with E-state index in [0.717, 1.165) is 30.3 Å². The lowest BCUT2D eigenvalue weighted by Crippen LogP contribution is -2.41. The average molecular weight is 343 g/mol. The van der Waals surface area contributed by atoms with Crippen molar-refractivity contribution in [3.05, 3.63) is 62.4 Å². The minimum absolute atomic E-state index is 0.0405.